The van der Waals surface area contributed by atoms with Crippen molar-refractivity contribution in [3.05, 3.63) is 24.3 Å². The maximum Gasteiger partial charge on any atom is 0.334 e. The van der Waals surface area contributed by atoms with Crippen molar-refractivity contribution in [2.45, 2.75) is 57.8 Å². The number of unbranched alkanes of at least 4 members (excludes halogenated alkanes) is 8. The number of hydrogen-bond acceptors (Lipinski definition) is 8. The number of esters is 2. The first-order valence-electron chi connectivity index (χ1n) is 10.4. The summed E-state index contributed by atoms with van der Waals surface area (Å²) in [6.45, 7) is 7.40. The largest absolute Gasteiger partial charge is 0.462 e. The number of rotatable bonds is 18. The van der Waals surface area contributed by atoms with Crippen molar-refractivity contribution in [3.8, 4) is 0 Å². The Labute approximate surface area is 186 Å². The average Bonchev–Trinajstić information content (AvgIpc) is 2.62. The van der Waals surface area contributed by atoms with Crippen molar-refractivity contribution in [3.63, 3.8) is 0 Å². The van der Waals surface area contributed by atoms with Gasteiger partial charge in [0.2, 0.25) is 0 Å². The first-order valence-corrected chi connectivity index (χ1v) is 14.5. The van der Waals surface area contributed by atoms with Crippen LogP contribution in [0.1, 0.15) is 57.8 Å². The Hall–Kier alpha value is -1.68. The molecule has 0 rings (SSSR count). The van der Waals surface area contributed by atoms with E-state index in [1.54, 1.807) is 0 Å². The van der Waals surface area contributed by atoms with Crippen molar-refractivity contribution in [1.29, 1.82) is 0 Å². The number of carbonyl (C=O) groups is 2. The summed E-state index contributed by atoms with van der Waals surface area (Å²) >= 11 is 0. The topological polar surface area (TPSA) is 121 Å². The van der Waals surface area contributed by atoms with Crippen LogP contribution in [-0.4, -0.2) is 66.0 Å². The van der Waals surface area contributed by atoms with Gasteiger partial charge in [-0.15, -0.1) is 0 Å². The number of sulfone groups is 2. The summed E-state index contributed by atoms with van der Waals surface area (Å²) in [5.41, 5.74) is -0.0905. The fourth-order valence-corrected chi connectivity index (χ4v) is 4.23. The lowest BCUT2D eigenvalue weighted by Crippen LogP contribution is -2.15. The van der Waals surface area contributed by atoms with Gasteiger partial charge < -0.3 is 9.47 Å². The molecule has 0 saturated heterocycles. The summed E-state index contributed by atoms with van der Waals surface area (Å²) < 4.78 is 54.4. The molecule has 0 spiro atoms. The predicted molar refractivity (Wildman–Crippen MR) is 121 cm³/mol. The highest BCUT2D eigenvalue weighted by Gasteiger charge is 2.15. The predicted octanol–water partition coefficient (Wildman–Crippen LogP) is 2.79. The van der Waals surface area contributed by atoms with Gasteiger partial charge in [-0.1, -0.05) is 58.1 Å². The number of ether oxygens (including phenoxy) is 2. The molecule has 0 aliphatic heterocycles. The Morgan fingerprint density at radius 2 is 0.839 bits per heavy atom. The molecule has 0 unspecified atom stereocenters. The van der Waals surface area contributed by atoms with Crippen LogP contribution in [0.3, 0.4) is 0 Å². The van der Waals surface area contributed by atoms with E-state index in [0.29, 0.717) is 0 Å². The summed E-state index contributed by atoms with van der Waals surface area (Å²) in [5.74, 6) is -2.08. The monoisotopic (exact) mass is 480 g/mol. The molecular formula is C21H36O8S2. The van der Waals surface area contributed by atoms with Gasteiger partial charge in [0, 0.05) is 23.7 Å². The Morgan fingerprint density at radius 1 is 0.581 bits per heavy atom. The lowest BCUT2D eigenvalue weighted by Gasteiger charge is -2.07. The maximum atomic E-state index is 11.6. The minimum Gasteiger partial charge on any atom is -0.462 e. The van der Waals surface area contributed by atoms with Gasteiger partial charge in [0.05, 0.1) is 24.7 Å². The SMILES string of the molecule is C=C(CS(C)(=O)=O)C(=O)OCCCCCCCCCCCOC(=O)C(=C)CS(C)(=O)=O. The van der Waals surface area contributed by atoms with Gasteiger partial charge in [0.15, 0.2) is 19.7 Å². The Kier molecular flexibility index (Phi) is 14.4. The first kappa shape index (κ1) is 29.3. The van der Waals surface area contributed by atoms with E-state index in [2.05, 4.69) is 13.2 Å². The van der Waals surface area contributed by atoms with Gasteiger partial charge in [-0.25, -0.2) is 26.4 Å². The van der Waals surface area contributed by atoms with Gasteiger partial charge in [-0.2, -0.15) is 0 Å². The zero-order chi connectivity index (χ0) is 23.9. The molecule has 0 heterocycles. The van der Waals surface area contributed by atoms with Crippen LogP contribution in [0.5, 0.6) is 0 Å². The molecule has 0 bridgehead atoms. The standard InChI is InChI=1S/C21H36O8S2/c1-18(16-30(3,24)25)20(22)28-14-12-10-8-6-5-7-9-11-13-15-29-21(23)19(2)17-31(4,26)27/h1-2,5-17H2,3-4H3. The van der Waals surface area contributed by atoms with E-state index in [1.807, 2.05) is 0 Å². The lowest BCUT2D eigenvalue weighted by atomic mass is 10.1. The van der Waals surface area contributed by atoms with Gasteiger partial charge in [0.1, 0.15) is 0 Å². The van der Waals surface area contributed by atoms with Crippen molar-refractivity contribution in [1.82, 2.24) is 0 Å². The van der Waals surface area contributed by atoms with Crippen LogP contribution in [0.15, 0.2) is 24.3 Å². The van der Waals surface area contributed by atoms with E-state index < -0.39 is 31.6 Å². The average molecular weight is 481 g/mol. The minimum atomic E-state index is -3.28. The van der Waals surface area contributed by atoms with E-state index >= 15 is 0 Å². The summed E-state index contributed by atoms with van der Waals surface area (Å²) in [4.78, 5) is 23.2. The third-order valence-corrected chi connectivity index (χ3v) is 5.95. The van der Waals surface area contributed by atoms with Crippen molar-refractivity contribution >= 4 is 31.6 Å². The van der Waals surface area contributed by atoms with E-state index in [4.69, 9.17) is 9.47 Å². The summed E-state index contributed by atoms with van der Waals surface area (Å²) in [5, 5.41) is 0. The second-order valence-corrected chi connectivity index (χ2v) is 12.1. The molecule has 31 heavy (non-hydrogen) atoms. The smallest absolute Gasteiger partial charge is 0.334 e. The van der Waals surface area contributed by atoms with E-state index in [9.17, 15) is 26.4 Å². The molecule has 0 radical (unpaired) electrons. The van der Waals surface area contributed by atoms with Gasteiger partial charge in [-0.3, -0.25) is 0 Å². The second kappa shape index (κ2) is 15.2. The maximum absolute atomic E-state index is 11.6. The molecule has 0 saturated carbocycles. The minimum absolute atomic E-state index is 0.0453. The van der Waals surface area contributed by atoms with Crippen molar-refractivity contribution < 1.29 is 35.9 Å². The highest BCUT2D eigenvalue weighted by molar-refractivity contribution is 7.91. The van der Waals surface area contributed by atoms with Gasteiger partial charge in [-0.05, 0) is 12.8 Å². The Morgan fingerprint density at radius 3 is 1.10 bits per heavy atom. The van der Waals surface area contributed by atoms with Crippen LogP contribution < -0.4 is 0 Å². The first-order chi connectivity index (χ1) is 14.3. The molecule has 0 N–H and O–H groups in total. The lowest BCUT2D eigenvalue weighted by molar-refractivity contribution is -0.139. The highest BCUT2D eigenvalue weighted by Crippen LogP contribution is 2.11. The molecule has 8 nitrogen and oxygen atoms in total. The molecule has 0 fully saturated rings. The molecule has 0 aromatic heterocycles. The number of carbonyl (C=O) groups excluding carboxylic acids is 2. The molecule has 10 heteroatoms. The molecule has 0 aliphatic rings. The molecule has 0 aromatic rings. The second-order valence-electron chi connectivity index (χ2n) is 7.80. The fraction of sp³-hybridized carbons (Fsp3) is 0.714. The van der Waals surface area contributed by atoms with Crippen LogP contribution in [0.4, 0.5) is 0 Å². The summed E-state index contributed by atoms with van der Waals surface area (Å²) in [6, 6.07) is 0. The van der Waals surface area contributed by atoms with Crippen LogP contribution in [0, 0.1) is 0 Å². The normalized spacial score (nSPS) is 11.7. The van der Waals surface area contributed by atoms with Crippen LogP contribution in [0.25, 0.3) is 0 Å². The highest BCUT2D eigenvalue weighted by atomic mass is 32.2. The quantitative estimate of drug-likeness (QED) is 0.167. The molecule has 0 aliphatic carbocycles. The molecule has 0 amide bonds. The third kappa shape index (κ3) is 18.8. The zero-order valence-corrected chi connectivity index (χ0v) is 20.3. The Bertz CT molecular complexity index is 742. The summed E-state index contributed by atoms with van der Waals surface area (Å²) in [7, 11) is -6.57. The van der Waals surface area contributed by atoms with E-state index in [-0.39, 0.29) is 35.9 Å². The Balaban J connectivity index is 3.53. The molecule has 0 atom stereocenters. The van der Waals surface area contributed by atoms with E-state index in [1.165, 1.54) is 0 Å². The molecule has 0 aromatic carbocycles. The molecule has 180 valence electrons. The van der Waals surface area contributed by atoms with Gasteiger partial charge >= 0.3 is 11.9 Å². The fourth-order valence-electron chi connectivity index (χ4n) is 2.73. The summed E-state index contributed by atoms with van der Waals surface area (Å²) in [6.07, 6.45) is 10.7. The third-order valence-electron chi connectivity index (χ3n) is 4.21. The molecular weight excluding hydrogens is 444 g/mol. The van der Waals surface area contributed by atoms with Crippen molar-refractivity contribution in [2.75, 3.05) is 37.2 Å². The number of hydrogen-bond donors (Lipinski definition) is 0. The van der Waals surface area contributed by atoms with Crippen molar-refractivity contribution in [2.24, 2.45) is 0 Å². The van der Waals surface area contributed by atoms with Gasteiger partial charge in [0.25, 0.3) is 0 Å². The van der Waals surface area contributed by atoms with E-state index in [0.717, 1.165) is 70.3 Å². The van der Waals surface area contributed by atoms with Crippen LogP contribution >= 0.6 is 0 Å². The zero-order valence-electron chi connectivity index (χ0n) is 18.7. The van der Waals surface area contributed by atoms with Crippen LogP contribution in [-0.2, 0) is 38.7 Å². The van der Waals surface area contributed by atoms with Crippen LogP contribution in [0.2, 0.25) is 0 Å².